The van der Waals surface area contributed by atoms with Crippen molar-refractivity contribution >= 4 is 11.8 Å². The highest BCUT2D eigenvalue weighted by atomic mass is 32.2. The Morgan fingerprint density at radius 3 is 2.37 bits per heavy atom. The first-order valence-corrected chi connectivity index (χ1v) is 7.58. The average molecular weight is 282 g/mol. The van der Waals surface area contributed by atoms with E-state index in [0.717, 1.165) is 23.5 Å². The lowest BCUT2D eigenvalue weighted by Crippen LogP contribution is -2.40. The normalized spacial score (nSPS) is 25.9. The van der Waals surface area contributed by atoms with Crippen LogP contribution in [0.1, 0.15) is 25.8 Å². The number of thioether (sulfide) groups is 1. The second-order valence-corrected chi connectivity index (χ2v) is 6.92. The van der Waals surface area contributed by atoms with E-state index in [0.29, 0.717) is 11.5 Å². The Labute approximate surface area is 119 Å². The molecule has 1 heterocycles. The SMILES string of the molecule is COc1ccc(C2(O)CSCC(C)(C)C2)cc1OC. The molecule has 0 saturated carbocycles. The van der Waals surface area contributed by atoms with Crippen LogP contribution in [-0.2, 0) is 5.60 Å². The molecule has 0 aromatic heterocycles. The van der Waals surface area contributed by atoms with Crippen molar-refractivity contribution in [1.82, 2.24) is 0 Å². The first-order chi connectivity index (χ1) is 8.90. The highest BCUT2D eigenvalue weighted by Crippen LogP contribution is 2.45. The van der Waals surface area contributed by atoms with Crippen molar-refractivity contribution in [2.75, 3.05) is 25.7 Å². The minimum absolute atomic E-state index is 0.144. The fraction of sp³-hybridized carbons (Fsp3) is 0.600. The van der Waals surface area contributed by atoms with E-state index in [2.05, 4.69) is 13.8 Å². The maximum Gasteiger partial charge on any atom is 0.161 e. The zero-order valence-corrected chi connectivity index (χ0v) is 12.8. The minimum atomic E-state index is -0.786. The van der Waals surface area contributed by atoms with E-state index in [9.17, 15) is 5.11 Å². The summed E-state index contributed by atoms with van der Waals surface area (Å²) in [5.41, 5.74) is 0.266. The molecule has 106 valence electrons. The third kappa shape index (κ3) is 3.00. The summed E-state index contributed by atoms with van der Waals surface area (Å²) >= 11 is 1.80. The van der Waals surface area contributed by atoms with Gasteiger partial charge in [0, 0.05) is 5.75 Å². The van der Waals surface area contributed by atoms with Gasteiger partial charge in [0.15, 0.2) is 11.5 Å². The number of hydrogen-bond donors (Lipinski definition) is 1. The molecule has 1 saturated heterocycles. The summed E-state index contributed by atoms with van der Waals surface area (Å²) in [6, 6.07) is 5.68. The van der Waals surface area contributed by atoms with Gasteiger partial charge in [-0.15, -0.1) is 0 Å². The van der Waals surface area contributed by atoms with Crippen LogP contribution in [0.15, 0.2) is 18.2 Å². The molecule has 1 atom stereocenters. The molecule has 4 heteroatoms. The van der Waals surface area contributed by atoms with Crippen molar-refractivity contribution in [3.05, 3.63) is 23.8 Å². The smallest absolute Gasteiger partial charge is 0.161 e. The van der Waals surface area contributed by atoms with Gasteiger partial charge in [0.25, 0.3) is 0 Å². The molecule has 1 aliphatic heterocycles. The lowest BCUT2D eigenvalue weighted by atomic mass is 9.78. The number of benzene rings is 1. The number of aliphatic hydroxyl groups is 1. The van der Waals surface area contributed by atoms with Crippen LogP contribution in [0.5, 0.6) is 11.5 Å². The molecule has 0 aliphatic carbocycles. The third-order valence-corrected chi connectivity index (χ3v) is 5.19. The maximum absolute atomic E-state index is 10.9. The number of hydrogen-bond acceptors (Lipinski definition) is 4. The van der Waals surface area contributed by atoms with Crippen LogP contribution in [0, 0.1) is 5.41 Å². The topological polar surface area (TPSA) is 38.7 Å². The first-order valence-electron chi connectivity index (χ1n) is 6.43. The van der Waals surface area contributed by atoms with Crippen molar-refractivity contribution in [1.29, 1.82) is 0 Å². The summed E-state index contributed by atoms with van der Waals surface area (Å²) < 4.78 is 10.6. The van der Waals surface area contributed by atoms with Gasteiger partial charge < -0.3 is 14.6 Å². The summed E-state index contributed by atoms with van der Waals surface area (Å²) in [6.07, 6.45) is 0.766. The maximum atomic E-state index is 10.9. The highest BCUT2D eigenvalue weighted by Gasteiger charge is 2.40. The van der Waals surface area contributed by atoms with Gasteiger partial charge in [0.1, 0.15) is 0 Å². The molecule has 0 amide bonds. The predicted molar refractivity (Wildman–Crippen MR) is 79.2 cm³/mol. The molecule has 0 bridgehead atoms. The Bertz CT molecular complexity index is 459. The molecule has 0 radical (unpaired) electrons. The predicted octanol–water partition coefficient (Wildman–Crippen LogP) is 3.05. The van der Waals surface area contributed by atoms with Gasteiger partial charge in [0.05, 0.1) is 19.8 Å². The van der Waals surface area contributed by atoms with Crippen molar-refractivity contribution in [2.45, 2.75) is 25.9 Å². The molecule has 1 unspecified atom stereocenters. The molecule has 1 N–H and O–H groups in total. The fourth-order valence-electron chi connectivity index (χ4n) is 2.70. The molecular formula is C15H22O3S. The van der Waals surface area contributed by atoms with Crippen LogP contribution < -0.4 is 9.47 Å². The van der Waals surface area contributed by atoms with Gasteiger partial charge in [-0.3, -0.25) is 0 Å². The second kappa shape index (κ2) is 5.25. The Hall–Kier alpha value is -0.870. The second-order valence-electron chi connectivity index (χ2n) is 5.94. The zero-order chi connectivity index (χ0) is 14.1. The Morgan fingerprint density at radius 2 is 1.79 bits per heavy atom. The fourth-order valence-corrected chi connectivity index (χ4v) is 4.06. The minimum Gasteiger partial charge on any atom is -0.493 e. The van der Waals surface area contributed by atoms with Gasteiger partial charge in [-0.1, -0.05) is 19.9 Å². The number of methoxy groups -OCH3 is 2. The van der Waals surface area contributed by atoms with Gasteiger partial charge in [-0.2, -0.15) is 11.8 Å². The monoisotopic (exact) mass is 282 g/mol. The molecular weight excluding hydrogens is 260 g/mol. The average Bonchev–Trinajstić information content (AvgIpc) is 2.36. The largest absolute Gasteiger partial charge is 0.493 e. The third-order valence-electron chi connectivity index (χ3n) is 3.53. The highest BCUT2D eigenvalue weighted by molar-refractivity contribution is 7.99. The summed E-state index contributed by atoms with van der Waals surface area (Å²) in [7, 11) is 3.23. The van der Waals surface area contributed by atoms with E-state index in [1.54, 1.807) is 26.0 Å². The quantitative estimate of drug-likeness (QED) is 0.925. The van der Waals surface area contributed by atoms with Crippen molar-refractivity contribution in [3.63, 3.8) is 0 Å². The Kier molecular flexibility index (Phi) is 4.02. The van der Waals surface area contributed by atoms with Crippen LogP contribution in [-0.4, -0.2) is 30.8 Å². The van der Waals surface area contributed by atoms with Gasteiger partial charge >= 0.3 is 0 Å². The van der Waals surface area contributed by atoms with Crippen LogP contribution >= 0.6 is 11.8 Å². The van der Waals surface area contributed by atoms with Gasteiger partial charge in [0.2, 0.25) is 0 Å². The van der Waals surface area contributed by atoms with E-state index in [1.807, 2.05) is 18.2 Å². The van der Waals surface area contributed by atoms with E-state index in [4.69, 9.17) is 9.47 Å². The molecule has 1 aliphatic rings. The van der Waals surface area contributed by atoms with Crippen LogP contribution in [0.2, 0.25) is 0 Å². The lowest BCUT2D eigenvalue weighted by molar-refractivity contribution is 0.0154. The van der Waals surface area contributed by atoms with E-state index >= 15 is 0 Å². The summed E-state index contributed by atoms with van der Waals surface area (Å²) in [5.74, 6) is 3.17. The van der Waals surface area contributed by atoms with E-state index in [1.165, 1.54) is 0 Å². The number of ether oxygens (including phenoxy) is 2. The summed E-state index contributed by atoms with van der Waals surface area (Å²) in [5, 5.41) is 10.9. The van der Waals surface area contributed by atoms with Crippen molar-refractivity contribution < 1.29 is 14.6 Å². The molecule has 2 rings (SSSR count). The van der Waals surface area contributed by atoms with E-state index < -0.39 is 5.60 Å². The lowest BCUT2D eigenvalue weighted by Gasteiger charge is -2.41. The molecule has 1 fully saturated rings. The standard InChI is InChI=1S/C15H22O3S/c1-14(2)8-15(16,10-19-9-14)11-5-6-12(17-3)13(7-11)18-4/h5-7,16H,8-10H2,1-4H3. The molecule has 19 heavy (non-hydrogen) atoms. The van der Waals surface area contributed by atoms with Crippen molar-refractivity contribution in [3.8, 4) is 11.5 Å². The molecule has 3 nitrogen and oxygen atoms in total. The van der Waals surface area contributed by atoms with Gasteiger partial charge in [-0.25, -0.2) is 0 Å². The van der Waals surface area contributed by atoms with Crippen molar-refractivity contribution in [2.24, 2.45) is 5.41 Å². The summed E-state index contributed by atoms with van der Waals surface area (Å²) in [4.78, 5) is 0. The van der Waals surface area contributed by atoms with Gasteiger partial charge in [-0.05, 0) is 35.3 Å². The Morgan fingerprint density at radius 1 is 1.11 bits per heavy atom. The van der Waals surface area contributed by atoms with Crippen LogP contribution in [0.25, 0.3) is 0 Å². The summed E-state index contributed by atoms with van der Waals surface area (Å²) in [6.45, 7) is 4.40. The molecule has 1 aromatic carbocycles. The molecule has 1 aromatic rings. The zero-order valence-electron chi connectivity index (χ0n) is 12.0. The first kappa shape index (κ1) is 14.5. The van der Waals surface area contributed by atoms with Crippen LogP contribution in [0.3, 0.4) is 0 Å². The Balaban J connectivity index is 2.35. The number of rotatable bonds is 3. The molecule has 0 spiro atoms. The van der Waals surface area contributed by atoms with E-state index in [-0.39, 0.29) is 5.41 Å². The van der Waals surface area contributed by atoms with Crippen LogP contribution in [0.4, 0.5) is 0 Å².